The zero-order chi connectivity index (χ0) is 36.1. The molecule has 3 aliphatic heterocycles. The van der Waals surface area contributed by atoms with Gasteiger partial charge in [-0.25, -0.2) is 0 Å². The monoisotopic (exact) mass is 714 g/mol. The third kappa shape index (κ3) is 8.66. The van der Waals surface area contributed by atoms with Gasteiger partial charge in [0.2, 0.25) is 11.8 Å². The van der Waals surface area contributed by atoms with E-state index < -0.39 is 35.7 Å². The summed E-state index contributed by atoms with van der Waals surface area (Å²) in [7, 11) is 0. The largest absolute Gasteiger partial charge is 0.397 e. The highest BCUT2D eigenvalue weighted by atomic mass is 19.4. The first-order valence-electron chi connectivity index (χ1n) is 18.8. The lowest BCUT2D eigenvalue weighted by Crippen LogP contribution is -2.68. The summed E-state index contributed by atoms with van der Waals surface area (Å²) in [4.78, 5) is 28.6. The van der Waals surface area contributed by atoms with Crippen LogP contribution in [0.1, 0.15) is 83.5 Å². The average Bonchev–Trinajstić information content (AvgIpc) is 3.12. The predicted molar refractivity (Wildman–Crippen MR) is 189 cm³/mol. The van der Waals surface area contributed by atoms with Gasteiger partial charge in [-0.2, -0.15) is 13.2 Å². The van der Waals surface area contributed by atoms with E-state index in [0.717, 1.165) is 75.7 Å². The summed E-state index contributed by atoms with van der Waals surface area (Å²) in [5.41, 5.74) is -0.138. The molecule has 5 fully saturated rings. The van der Waals surface area contributed by atoms with E-state index >= 15 is 0 Å². The number of fused-ring (bicyclic) bond motifs is 2. The molecule has 4 N–H and O–H groups in total. The SMILES string of the molecule is O=C(C1CCOCC1)N1CCC(Nc2ccccc2)[C@@]2(O)CCCC[C@H]12.O=C(CC(F)(F)F)N1CCC(Nc2ccccc2)C2(O)CCCC[C@H]12. The second-order valence-electron chi connectivity index (χ2n) is 15.0. The van der Waals surface area contributed by atoms with E-state index in [2.05, 4.69) is 10.6 Å². The zero-order valence-corrected chi connectivity index (χ0v) is 29.3. The smallest absolute Gasteiger partial charge is 0.386 e. The van der Waals surface area contributed by atoms with Crippen molar-refractivity contribution in [1.82, 2.24) is 9.80 Å². The van der Waals surface area contributed by atoms with Crippen LogP contribution in [0.2, 0.25) is 0 Å². The molecule has 51 heavy (non-hydrogen) atoms. The molecule has 9 nitrogen and oxygen atoms in total. The predicted octanol–water partition coefficient (Wildman–Crippen LogP) is 6.13. The third-order valence-corrected chi connectivity index (χ3v) is 11.8. The van der Waals surface area contributed by atoms with Gasteiger partial charge in [0.1, 0.15) is 17.6 Å². The first-order valence-corrected chi connectivity index (χ1v) is 18.8. The molecule has 3 heterocycles. The maximum atomic E-state index is 13.2. The van der Waals surface area contributed by atoms with Crippen LogP contribution in [0.5, 0.6) is 0 Å². The number of anilines is 2. The van der Waals surface area contributed by atoms with E-state index in [1.165, 1.54) is 4.90 Å². The number of nitrogens with zero attached hydrogens (tertiary/aromatic N) is 2. The van der Waals surface area contributed by atoms with Gasteiger partial charge in [-0.05, 0) is 75.6 Å². The standard InChI is InChI=1S/C21H30N2O3.C18H23F3N2O2/c24-20(16-10-14-26-15-11-16)23-13-9-18(22-17-6-2-1-3-7-17)21(25)12-5-4-8-19(21)23;19-18(20,21)12-16(24)23-11-9-14(22-13-6-2-1-3-7-13)17(25)10-5-4-8-15(17)23/h1-3,6-7,16,18-19,22,25H,4-5,8-15H2;1-3,6-7,14-15,22,25H,4-5,8-12H2/t18?,19-,21-;14?,15-,17?/m00/s1. The Hall–Kier alpha value is -3.35. The quantitative estimate of drug-likeness (QED) is 0.285. The lowest BCUT2D eigenvalue weighted by Gasteiger charge is -2.54. The van der Waals surface area contributed by atoms with Crippen molar-refractivity contribution in [1.29, 1.82) is 0 Å². The number of para-hydroxylation sites is 2. The van der Waals surface area contributed by atoms with Crippen molar-refractivity contribution in [3.05, 3.63) is 60.7 Å². The number of amides is 2. The molecule has 6 atom stereocenters. The summed E-state index contributed by atoms with van der Waals surface area (Å²) in [6, 6.07) is 18.6. The molecule has 3 unspecified atom stereocenters. The minimum absolute atomic E-state index is 0.00561. The van der Waals surface area contributed by atoms with Crippen LogP contribution in [0.4, 0.5) is 24.5 Å². The van der Waals surface area contributed by atoms with Crippen LogP contribution in [0.15, 0.2) is 60.7 Å². The van der Waals surface area contributed by atoms with Gasteiger partial charge in [0.25, 0.3) is 0 Å². The maximum Gasteiger partial charge on any atom is 0.397 e. The molecule has 2 saturated carbocycles. The summed E-state index contributed by atoms with van der Waals surface area (Å²) >= 11 is 0. The molecule has 0 radical (unpaired) electrons. The summed E-state index contributed by atoms with van der Waals surface area (Å²) in [5, 5.41) is 29.8. The number of hydrogen-bond donors (Lipinski definition) is 4. The Morgan fingerprint density at radius 1 is 0.706 bits per heavy atom. The molecule has 7 rings (SSSR count). The molecular formula is C39H53F3N4O5. The van der Waals surface area contributed by atoms with E-state index in [9.17, 15) is 33.0 Å². The second-order valence-corrected chi connectivity index (χ2v) is 15.0. The number of alkyl halides is 3. The second kappa shape index (κ2) is 16.1. The fraction of sp³-hybridized carbons (Fsp3) is 0.641. The number of carbonyl (C=O) groups is 2. The molecule has 0 aromatic heterocycles. The van der Waals surface area contributed by atoms with Gasteiger partial charge in [0, 0.05) is 43.6 Å². The van der Waals surface area contributed by atoms with Crippen molar-refractivity contribution < 1.29 is 37.7 Å². The van der Waals surface area contributed by atoms with Crippen LogP contribution < -0.4 is 10.6 Å². The molecule has 12 heteroatoms. The number of aliphatic hydroxyl groups is 2. The van der Waals surface area contributed by atoms with Crippen LogP contribution in [0, 0.1) is 5.92 Å². The molecule has 2 aliphatic carbocycles. The first kappa shape index (κ1) is 37.4. The number of rotatable bonds is 6. The summed E-state index contributed by atoms with van der Waals surface area (Å²) < 4.78 is 43.3. The Balaban J connectivity index is 0.000000176. The van der Waals surface area contributed by atoms with Crippen molar-refractivity contribution in [2.45, 2.75) is 125 Å². The van der Waals surface area contributed by atoms with Crippen LogP contribution in [-0.2, 0) is 14.3 Å². The van der Waals surface area contributed by atoms with Gasteiger partial charge in [-0.1, -0.05) is 62.1 Å². The Morgan fingerprint density at radius 2 is 1.18 bits per heavy atom. The fourth-order valence-electron chi connectivity index (χ4n) is 9.22. The van der Waals surface area contributed by atoms with Gasteiger partial charge in [-0.3, -0.25) is 9.59 Å². The van der Waals surface area contributed by atoms with Gasteiger partial charge < -0.3 is 35.4 Å². The third-order valence-electron chi connectivity index (χ3n) is 11.8. The Morgan fingerprint density at radius 3 is 1.67 bits per heavy atom. The highest BCUT2D eigenvalue weighted by Gasteiger charge is 2.54. The number of nitrogens with one attached hydrogen (secondary N) is 2. The highest BCUT2D eigenvalue weighted by molar-refractivity contribution is 5.80. The summed E-state index contributed by atoms with van der Waals surface area (Å²) in [6.45, 7) is 2.31. The van der Waals surface area contributed by atoms with E-state index in [4.69, 9.17) is 4.74 Å². The van der Waals surface area contributed by atoms with Crippen LogP contribution in [0.3, 0.4) is 0 Å². The Kier molecular flexibility index (Phi) is 11.8. The van der Waals surface area contributed by atoms with Gasteiger partial charge in [0.05, 0.1) is 24.2 Å². The summed E-state index contributed by atoms with van der Waals surface area (Å²) in [6.07, 6.45) is 3.26. The van der Waals surface area contributed by atoms with Crippen LogP contribution in [-0.4, -0.2) is 99.7 Å². The van der Waals surface area contributed by atoms with Gasteiger partial charge in [0.15, 0.2) is 0 Å². The van der Waals surface area contributed by atoms with E-state index in [1.807, 2.05) is 65.6 Å². The number of halogens is 3. The van der Waals surface area contributed by atoms with Gasteiger partial charge >= 0.3 is 6.18 Å². The highest BCUT2D eigenvalue weighted by Crippen LogP contribution is 2.43. The lowest BCUT2D eigenvalue weighted by atomic mass is 9.70. The van der Waals surface area contributed by atoms with Crippen LogP contribution >= 0.6 is 0 Å². The molecule has 2 aromatic rings. The molecule has 0 bridgehead atoms. The molecule has 280 valence electrons. The molecule has 3 saturated heterocycles. The molecule has 0 spiro atoms. The minimum atomic E-state index is -4.52. The number of hydrogen-bond acceptors (Lipinski definition) is 7. The molecule has 5 aliphatic rings. The average molecular weight is 715 g/mol. The van der Waals surface area contributed by atoms with Crippen molar-refractivity contribution in [2.75, 3.05) is 36.9 Å². The van der Waals surface area contributed by atoms with Crippen molar-refractivity contribution >= 4 is 23.2 Å². The van der Waals surface area contributed by atoms with E-state index in [1.54, 1.807) is 0 Å². The van der Waals surface area contributed by atoms with Crippen molar-refractivity contribution in [2.24, 2.45) is 5.92 Å². The number of benzene rings is 2. The molecule has 2 aromatic carbocycles. The first-order chi connectivity index (χ1) is 24.5. The van der Waals surface area contributed by atoms with Crippen LogP contribution in [0.25, 0.3) is 0 Å². The Bertz CT molecular complexity index is 1450. The number of piperidine rings is 2. The zero-order valence-electron chi connectivity index (χ0n) is 29.3. The minimum Gasteiger partial charge on any atom is -0.386 e. The van der Waals surface area contributed by atoms with Crippen molar-refractivity contribution in [3.63, 3.8) is 0 Å². The molecular weight excluding hydrogens is 661 g/mol. The lowest BCUT2D eigenvalue weighted by molar-refractivity contribution is -0.175. The summed E-state index contributed by atoms with van der Waals surface area (Å²) in [5.74, 6) is -0.638. The molecule has 2 amide bonds. The number of ether oxygens (including phenoxy) is 1. The van der Waals surface area contributed by atoms with E-state index in [0.29, 0.717) is 32.5 Å². The Labute approximate surface area is 298 Å². The normalized spacial score (nSPS) is 31.3. The number of likely N-dealkylation sites (tertiary alicyclic amines) is 2. The van der Waals surface area contributed by atoms with E-state index in [-0.39, 0.29) is 36.5 Å². The maximum absolute atomic E-state index is 13.2. The van der Waals surface area contributed by atoms with Crippen molar-refractivity contribution in [3.8, 4) is 0 Å². The fourth-order valence-corrected chi connectivity index (χ4v) is 9.22. The van der Waals surface area contributed by atoms with Gasteiger partial charge in [-0.15, -0.1) is 0 Å². The number of carbonyl (C=O) groups excluding carboxylic acids is 2. The topological polar surface area (TPSA) is 114 Å².